The molecule has 0 aliphatic rings. The van der Waals surface area contributed by atoms with Gasteiger partial charge in [0.05, 0.1) is 20.1 Å². The van der Waals surface area contributed by atoms with E-state index in [9.17, 15) is 0 Å². The van der Waals surface area contributed by atoms with Gasteiger partial charge < -0.3 is 9.84 Å². The van der Waals surface area contributed by atoms with Crippen molar-refractivity contribution in [3.05, 3.63) is 12.2 Å². The van der Waals surface area contributed by atoms with Gasteiger partial charge in [-0.3, -0.25) is 0 Å². The van der Waals surface area contributed by atoms with Gasteiger partial charge in [0.15, 0.2) is 0 Å². The van der Waals surface area contributed by atoms with E-state index in [-0.39, 0.29) is 6.61 Å². The molecule has 0 aromatic carbocycles. The standard InChI is InChI=1S/C9H17NO2/c1-8(7-11)5-3-4-6-9(10)12-2/h10-11H,1,3-7H2,2H3/p+1. The predicted molar refractivity (Wildman–Crippen MR) is 48.6 cm³/mol. The molecule has 12 heavy (non-hydrogen) atoms. The number of aliphatic hydroxyl groups excluding tert-OH is 1. The third-order valence-corrected chi connectivity index (χ3v) is 1.69. The van der Waals surface area contributed by atoms with Gasteiger partial charge in [-0.2, -0.15) is 0 Å². The van der Waals surface area contributed by atoms with E-state index in [2.05, 4.69) is 6.58 Å². The molecule has 0 aromatic heterocycles. The molecule has 0 rings (SSSR count). The van der Waals surface area contributed by atoms with Gasteiger partial charge in [0.25, 0.3) is 0 Å². The number of ether oxygens (including phenoxy) is 1. The zero-order chi connectivity index (χ0) is 9.40. The normalized spacial score (nSPS) is 9.50. The number of nitrogens with two attached hydrogens (primary N) is 1. The second kappa shape index (κ2) is 6.85. The molecule has 0 aliphatic carbocycles. The van der Waals surface area contributed by atoms with Crippen LogP contribution in [0.1, 0.15) is 25.7 Å². The van der Waals surface area contributed by atoms with E-state index < -0.39 is 0 Å². The minimum absolute atomic E-state index is 0.0868. The highest BCUT2D eigenvalue weighted by molar-refractivity contribution is 5.68. The van der Waals surface area contributed by atoms with Crippen LogP contribution in [0.15, 0.2) is 12.2 Å². The van der Waals surface area contributed by atoms with E-state index in [0.717, 1.165) is 31.3 Å². The van der Waals surface area contributed by atoms with E-state index in [1.165, 1.54) is 0 Å². The molecular weight excluding hydrogens is 154 g/mol. The van der Waals surface area contributed by atoms with Crippen LogP contribution in [0.3, 0.4) is 0 Å². The lowest BCUT2D eigenvalue weighted by Crippen LogP contribution is -2.40. The third kappa shape index (κ3) is 5.92. The highest BCUT2D eigenvalue weighted by Crippen LogP contribution is 2.06. The first-order valence-corrected chi connectivity index (χ1v) is 4.13. The Morgan fingerprint density at radius 3 is 2.50 bits per heavy atom. The second-order valence-electron chi connectivity index (χ2n) is 2.79. The summed E-state index contributed by atoms with van der Waals surface area (Å²) < 4.78 is 4.81. The molecule has 0 radical (unpaired) electrons. The monoisotopic (exact) mass is 172 g/mol. The number of aliphatic hydroxyl groups is 1. The van der Waals surface area contributed by atoms with Crippen molar-refractivity contribution in [2.75, 3.05) is 13.7 Å². The summed E-state index contributed by atoms with van der Waals surface area (Å²) in [6.07, 6.45) is 3.64. The van der Waals surface area contributed by atoms with Crippen LogP contribution in [0, 0.1) is 0 Å². The molecule has 0 fully saturated rings. The maximum Gasteiger partial charge on any atom is 0.332 e. The van der Waals surface area contributed by atoms with Gasteiger partial charge in [-0.25, -0.2) is 5.41 Å². The molecule has 0 aromatic rings. The van der Waals surface area contributed by atoms with Gasteiger partial charge >= 0.3 is 5.90 Å². The van der Waals surface area contributed by atoms with Crippen molar-refractivity contribution >= 4 is 5.90 Å². The van der Waals surface area contributed by atoms with Gasteiger partial charge in [-0.1, -0.05) is 12.2 Å². The zero-order valence-electron chi connectivity index (χ0n) is 7.68. The molecule has 70 valence electrons. The van der Waals surface area contributed by atoms with Gasteiger partial charge in [-0.05, 0) is 19.3 Å². The van der Waals surface area contributed by atoms with Crippen LogP contribution in [0.25, 0.3) is 0 Å². The number of rotatable bonds is 6. The Morgan fingerprint density at radius 1 is 1.42 bits per heavy atom. The predicted octanol–water partition coefficient (Wildman–Crippen LogP) is -0.101. The maximum absolute atomic E-state index is 8.64. The van der Waals surface area contributed by atoms with Crippen LogP contribution in [-0.2, 0) is 4.74 Å². The summed E-state index contributed by atoms with van der Waals surface area (Å²) >= 11 is 0. The molecule has 3 N–H and O–H groups in total. The summed E-state index contributed by atoms with van der Waals surface area (Å²) in [4.78, 5) is 0. The van der Waals surface area contributed by atoms with E-state index in [1.807, 2.05) is 0 Å². The summed E-state index contributed by atoms with van der Waals surface area (Å²) in [5, 5.41) is 14.1. The fourth-order valence-electron chi connectivity index (χ4n) is 0.855. The van der Waals surface area contributed by atoms with Crippen molar-refractivity contribution in [2.24, 2.45) is 0 Å². The average molecular weight is 172 g/mol. The topological polar surface area (TPSA) is 55.0 Å². The van der Waals surface area contributed by atoms with Crippen molar-refractivity contribution in [3.63, 3.8) is 0 Å². The van der Waals surface area contributed by atoms with Gasteiger partial charge in [0.1, 0.15) is 0 Å². The fraction of sp³-hybridized carbons (Fsp3) is 0.667. The molecule has 0 saturated heterocycles. The largest absolute Gasteiger partial charge is 0.451 e. The SMILES string of the molecule is C=C(CO)CCCCC(=[NH2+])OC. The van der Waals surface area contributed by atoms with Gasteiger partial charge in [-0.15, -0.1) is 0 Å². The van der Waals surface area contributed by atoms with E-state index >= 15 is 0 Å². The summed E-state index contributed by atoms with van der Waals surface area (Å²) in [6, 6.07) is 0. The fourth-order valence-corrected chi connectivity index (χ4v) is 0.855. The Balaban J connectivity index is 3.21. The average Bonchev–Trinajstić information content (AvgIpc) is 2.11. The smallest absolute Gasteiger partial charge is 0.332 e. The van der Waals surface area contributed by atoms with E-state index in [1.54, 1.807) is 7.11 Å². The van der Waals surface area contributed by atoms with Crippen LogP contribution < -0.4 is 5.41 Å². The van der Waals surface area contributed by atoms with Crippen molar-refractivity contribution in [2.45, 2.75) is 25.7 Å². The summed E-state index contributed by atoms with van der Waals surface area (Å²) in [5.74, 6) is 0.574. The van der Waals surface area contributed by atoms with E-state index in [0.29, 0.717) is 5.90 Å². The Bertz CT molecular complexity index is 137. The summed E-state index contributed by atoms with van der Waals surface area (Å²) in [5.41, 5.74) is 0.881. The first-order chi connectivity index (χ1) is 5.70. The lowest BCUT2D eigenvalue weighted by atomic mass is 10.1. The molecule has 0 unspecified atom stereocenters. The molecule has 0 heterocycles. The minimum Gasteiger partial charge on any atom is -0.451 e. The molecule has 0 aliphatic heterocycles. The molecule has 3 heteroatoms. The van der Waals surface area contributed by atoms with Gasteiger partial charge in [0.2, 0.25) is 0 Å². The van der Waals surface area contributed by atoms with Crippen LogP contribution in [-0.4, -0.2) is 24.7 Å². The summed E-state index contributed by atoms with van der Waals surface area (Å²) in [6.45, 7) is 3.78. The molecular formula is C9H18NO2+. The van der Waals surface area contributed by atoms with Crippen LogP contribution in [0.2, 0.25) is 0 Å². The quantitative estimate of drug-likeness (QED) is 0.254. The summed E-state index contributed by atoms with van der Waals surface area (Å²) in [7, 11) is 1.57. The highest BCUT2D eigenvalue weighted by Gasteiger charge is 2.00. The van der Waals surface area contributed by atoms with Crippen molar-refractivity contribution < 1.29 is 15.3 Å². The third-order valence-electron chi connectivity index (χ3n) is 1.69. The highest BCUT2D eigenvalue weighted by atomic mass is 16.5. The zero-order valence-corrected chi connectivity index (χ0v) is 7.68. The van der Waals surface area contributed by atoms with Crippen LogP contribution in [0.4, 0.5) is 0 Å². The van der Waals surface area contributed by atoms with Crippen LogP contribution >= 0.6 is 0 Å². The number of hydrogen-bond donors (Lipinski definition) is 2. The molecule has 0 atom stereocenters. The molecule has 0 bridgehead atoms. The maximum atomic E-state index is 8.64. The number of unbranched alkanes of at least 4 members (excludes halogenated alkanes) is 1. The van der Waals surface area contributed by atoms with Crippen molar-refractivity contribution in [3.8, 4) is 0 Å². The second-order valence-corrected chi connectivity index (χ2v) is 2.79. The molecule has 3 nitrogen and oxygen atoms in total. The molecule has 0 amide bonds. The number of hydrogen-bond acceptors (Lipinski definition) is 2. The lowest BCUT2D eigenvalue weighted by Gasteiger charge is -2.00. The molecule has 0 saturated carbocycles. The minimum atomic E-state index is 0.0868. The molecule has 0 spiro atoms. The van der Waals surface area contributed by atoms with Gasteiger partial charge in [0, 0.05) is 0 Å². The Morgan fingerprint density at radius 2 is 2.00 bits per heavy atom. The first kappa shape index (κ1) is 11.2. The Kier molecular flexibility index (Phi) is 6.38. The van der Waals surface area contributed by atoms with Crippen molar-refractivity contribution in [1.82, 2.24) is 0 Å². The first-order valence-electron chi connectivity index (χ1n) is 4.13. The number of methoxy groups -OCH3 is 1. The van der Waals surface area contributed by atoms with Crippen molar-refractivity contribution in [1.29, 1.82) is 0 Å². The van der Waals surface area contributed by atoms with Crippen LogP contribution in [0.5, 0.6) is 0 Å². The lowest BCUT2D eigenvalue weighted by molar-refractivity contribution is -0.140. The Hall–Kier alpha value is -0.830. The Labute approximate surface area is 73.6 Å². The van der Waals surface area contributed by atoms with E-state index in [4.69, 9.17) is 15.3 Å².